The summed E-state index contributed by atoms with van der Waals surface area (Å²) in [6.07, 6.45) is 4.07. The standard InChI is InChI=1S/C19H21N3O4/c1-12-20-18(22-26-12)19(9-5-2-6-10-19)21-16(23)15-11-13-7-3-4-8-14(13)17(24)25-15/h3-4,7-8,15H,2,5-6,9-11H2,1H3,(H,21,23)/t15-/m0/s1. The van der Waals surface area contributed by atoms with Crippen molar-refractivity contribution in [3.05, 3.63) is 47.1 Å². The number of carbonyl (C=O) groups excluding carboxylic acids is 2. The van der Waals surface area contributed by atoms with Crippen LogP contribution in [-0.4, -0.2) is 28.1 Å². The second-order valence-corrected chi connectivity index (χ2v) is 7.02. The van der Waals surface area contributed by atoms with Gasteiger partial charge in [0.1, 0.15) is 5.54 Å². The lowest BCUT2D eigenvalue weighted by Gasteiger charge is -2.36. The van der Waals surface area contributed by atoms with Crippen LogP contribution in [0.5, 0.6) is 0 Å². The molecule has 7 nitrogen and oxygen atoms in total. The molecule has 1 atom stereocenters. The van der Waals surface area contributed by atoms with Crippen LogP contribution in [0.1, 0.15) is 59.7 Å². The molecular weight excluding hydrogens is 334 g/mol. The molecule has 4 rings (SSSR count). The van der Waals surface area contributed by atoms with E-state index in [9.17, 15) is 9.59 Å². The Morgan fingerprint density at radius 1 is 1.23 bits per heavy atom. The Morgan fingerprint density at radius 3 is 2.73 bits per heavy atom. The highest BCUT2D eigenvalue weighted by molar-refractivity contribution is 5.95. The van der Waals surface area contributed by atoms with Gasteiger partial charge < -0.3 is 14.6 Å². The SMILES string of the molecule is Cc1nc(C2(NC(=O)[C@@H]3Cc4ccccc4C(=O)O3)CCCCC2)no1. The van der Waals surface area contributed by atoms with E-state index in [-0.39, 0.29) is 5.91 Å². The van der Waals surface area contributed by atoms with Gasteiger partial charge in [0.15, 0.2) is 11.9 Å². The average Bonchev–Trinajstić information content (AvgIpc) is 3.09. The summed E-state index contributed by atoms with van der Waals surface area (Å²) in [6, 6.07) is 7.22. The summed E-state index contributed by atoms with van der Waals surface area (Å²) >= 11 is 0. The molecule has 136 valence electrons. The number of cyclic esters (lactones) is 1. The van der Waals surface area contributed by atoms with Crippen molar-refractivity contribution in [2.24, 2.45) is 0 Å². The van der Waals surface area contributed by atoms with Gasteiger partial charge in [-0.25, -0.2) is 4.79 Å². The van der Waals surface area contributed by atoms with Gasteiger partial charge >= 0.3 is 5.97 Å². The highest BCUT2D eigenvalue weighted by Gasteiger charge is 2.42. The van der Waals surface area contributed by atoms with Crippen LogP contribution in [0.15, 0.2) is 28.8 Å². The number of esters is 1. The van der Waals surface area contributed by atoms with E-state index < -0.39 is 17.6 Å². The van der Waals surface area contributed by atoms with Crippen LogP contribution in [0.2, 0.25) is 0 Å². The van der Waals surface area contributed by atoms with Gasteiger partial charge in [-0.05, 0) is 24.5 Å². The third kappa shape index (κ3) is 2.98. The van der Waals surface area contributed by atoms with Crippen LogP contribution in [0.3, 0.4) is 0 Å². The number of fused-ring (bicyclic) bond motifs is 1. The normalized spacial score (nSPS) is 21.6. The summed E-state index contributed by atoms with van der Waals surface area (Å²) in [5.41, 5.74) is 0.700. The molecule has 0 saturated heterocycles. The number of ether oxygens (including phenoxy) is 1. The van der Waals surface area contributed by atoms with E-state index >= 15 is 0 Å². The molecule has 1 fully saturated rings. The van der Waals surface area contributed by atoms with Crippen LogP contribution < -0.4 is 5.32 Å². The Kier molecular flexibility index (Phi) is 4.22. The summed E-state index contributed by atoms with van der Waals surface area (Å²) < 4.78 is 10.5. The highest BCUT2D eigenvalue weighted by Crippen LogP contribution is 2.36. The third-order valence-electron chi connectivity index (χ3n) is 5.21. The second kappa shape index (κ2) is 6.55. The van der Waals surface area contributed by atoms with E-state index in [1.54, 1.807) is 19.1 Å². The van der Waals surface area contributed by atoms with Crippen LogP contribution in [0.25, 0.3) is 0 Å². The molecule has 7 heteroatoms. The Balaban J connectivity index is 1.57. The first-order valence-electron chi connectivity index (χ1n) is 8.99. The number of carbonyl (C=O) groups is 2. The molecular formula is C19H21N3O4. The molecule has 1 aliphatic heterocycles. The molecule has 1 N–H and O–H groups in total. The molecule has 1 aliphatic carbocycles. The number of benzene rings is 1. The first-order valence-corrected chi connectivity index (χ1v) is 8.99. The van der Waals surface area contributed by atoms with Crippen LogP contribution in [-0.2, 0) is 21.5 Å². The van der Waals surface area contributed by atoms with Gasteiger partial charge in [0.2, 0.25) is 5.89 Å². The number of amides is 1. The predicted molar refractivity (Wildman–Crippen MR) is 91.3 cm³/mol. The summed E-state index contributed by atoms with van der Waals surface area (Å²) in [5.74, 6) is 0.208. The zero-order chi connectivity index (χ0) is 18.1. The first kappa shape index (κ1) is 16.8. The monoisotopic (exact) mass is 355 g/mol. The van der Waals surface area contributed by atoms with E-state index in [2.05, 4.69) is 15.5 Å². The maximum absolute atomic E-state index is 12.9. The Bertz CT molecular complexity index is 839. The lowest BCUT2D eigenvalue weighted by atomic mass is 9.80. The quantitative estimate of drug-likeness (QED) is 0.850. The minimum absolute atomic E-state index is 0.308. The van der Waals surface area contributed by atoms with Crippen molar-refractivity contribution in [2.75, 3.05) is 0 Å². The Hall–Kier alpha value is -2.70. The van der Waals surface area contributed by atoms with Gasteiger partial charge in [0, 0.05) is 13.3 Å². The number of rotatable bonds is 3. The van der Waals surface area contributed by atoms with Gasteiger partial charge in [-0.1, -0.05) is 42.6 Å². The number of aryl methyl sites for hydroxylation is 1. The molecule has 1 aromatic carbocycles. The molecule has 2 aromatic rings. The fourth-order valence-electron chi connectivity index (χ4n) is 3.85. The molecule has 0 spiro atoms. The lowest BCUT2D eigenvalue weighted by molar-refractivity contribution is -0.133. The van der Waals surface area contributed by atoms with E-state index in [4.69, 9.17) is 9.26 Å². The van der Waals surface area contributed by atoms with Gasteiger partial charge in [0.05, 0.1) is 5.56 Å². The summed E-state index contributed by atoms with van der Waals surface area (Å²) in [6.45, 7) is 1.73. The zero-order valence-corrected chi connectivity index (χ0v) is 14.7. The maximum atomic E-state index is 12.9. The van der Waals surface area contributed by atoms with E-state index in [1.165, 1.54) is 0 Å². The molecule has 1 saturated carbocycles. The summed E-state index contributed by atoms with van der Waals surface area (Å²) in [7, 11) is 0. The fraction of sp³-hybridized carbons (Fsp3) is 0.474. The number of nitrogens with zero attached hydrogens (tertiary/aromatic N) is 2. The van der Waals surface area contributed by atoms with Gasteiger partial charge in [-0.2, -0.15) is 4.98 Å². The Morgan fingerprint density at radius 2 is 2.00 bits per heavy atom. The summed E-state index contributed by atoms with van der Waals surface area (Å²) in [5, 5.41) is 7.13. The van der Waals surface area contributed by atoms with Crippen molar-refractivity contribution >= 4 is 11.9 Å². The zero-order valence-electron chi connectivity index (χ0n) is 14.7. The van der Waals surface area contributed by atoms with Gasteiger partial charge in [-0.15, -0.1) is 0 Å². The molecule has 2 heterocycles. The molecule has 26 heavy (non-hydrogen) atoms. The predicted octanol–water partition coefficient (Wildman–Crippen LogP) is 2.44. The first-order chi connectivity index (χ1) is 12.6. The Labute approximate surface area is 151 Å². The molecule has 0 unspecified atom stereocenters. The van der Waals surface area contributed by atoms with E-state index in [0.717, 1.165) is 37.7 Å². The minimum atomic E-state index is -0.843. The third-order valence-corrected chi connectivity index (χ3v) is 5.21. The van der Waals surface area contributed by atoms with Gasteiger partial charge in [0.25, 0.3) is 5.91 Å². The second-order valence-electron chi connectivity index (χ2n) is 7.02. The van der Waals surface area contributed by atoms with Crippen molar-refractivity contribution in [3.63, 3.8) is 0 Å². The molecule has 1 amide bonds. The molecule has 0 radical (unpaired) electrons. The topological polar surface area (TPSA) is 94.3 Å². The van der Waals surface area contributed by atoms with Crippen LogP contribution in [0.4, 0.5) is 0 Å². The average molecular weight is 355 g/mol. The largest absolute Gasteiger partial charge is 0.448 e. The lowest BCUT2D eigenvalue weighted by Crippen LogP contribution is -2.53. The van der Waals surface area contributed by atoms with Crippen molar-refractivity contribution in [1.29, 1.82) is 0 Å². The maximum Gasteiger partial charge on any atom is 0.339 e. The molecule has 0 bridgehead atoms. The smallest absolute Gasteiger partial charge is 0.339 e. The van der Waals surface area contributed by atoms with E-state index in [0.29, 0.717) is 23.7 Å². The highest BCUT2D eigenvalue weighted by atomic mass is 16.5. The number of nitrogens with one attached hydrogen (secondary N) is 1. The van der Waals surface area contributed by atoms with Crippen LogP contribution in [0, 0.1) is 6.92 Å². The van der Waals surface area contributed by atoms with Crippen LogP contribution >= 0.6 is 0 Å². The van der Waals surface area contributed by atoms with Crippen molar-refractivity contribution in [3.8, 4) is 0 Å². The number of hydrogen-bond donors (Lipinski definition) is 1. The number of hydrogen-bond acceptors (Lipinski definition) is 6. The van der Waals surface area contributed by atoms with Crippen molar-refractivity contribution < 1.29 is 18.8 Å². The molecule has 1 aromatic heterocycles. The fourth-order valence-corrected chi connectivity index (χ4v) is 3.85. The summed E-state index contributed by atoms with van der Waals surface area (Å²) in [4.78, 5) is 29.5. The van der Waals surface area contributed by atoms with Crippen molar-refractivity contribution in [1.82, 2.24) is 15.5 Å². The van der Waals surface area contributed by atoms with E-state index in [1.807, 2.05) is 12.1 Å². The number of aromatic nitrogens is 2. The molecule has 2 aliphatic rings. The van der Waals surface area contributed by atoms with Crippen molar-refractivity contribution in [2.45, 2.75) is 57.1 Å². The minimum Gasteiger partial charge on any atom is -0.448 e. The van der Waals surface area contributed by atoms with Gasteiger partial charge in [-0.3, -0.25) is 4.79 Å².